The summed E-state index contributed by atoms with van der Waals surface area (Å²) in [7, 11) is -4.10. The Morgan fingerprint density at radius 3 is 2.31 bits per heavy atom. The summed E-state index contributed by atoms with van der Waals surface area (Å²) >= 11 is 0. The Kier molecular flexibility index (Phi) is 5.25. The predicted octanol–water partition coefficient (Wildman–Crippen LogP) is 3.98. The van der Waals surface area contributed by atoms with E-state index in [0.29, 0.717) is 0 Å². The van der Waals surface area contributed by atoms with Crippen LogP contribution in [0, 0.1) is 0 Å². The summed E-state index contributed by atoms with van der Waals surface area (Å²) in [5, 5.41) is 6.90. The molecule has 32 heavy (non-hydrogen) atoms. The molecular weight excluding hydrogens is 424 g/mol. The molecule has 0 fully saturated rings. The lowest BCUT2D eigenvalue weighted by molar-refractivity contribution is 0.256. The number of hydrogen-bond acceptors (Lipinski definition) is 4. The van der Waals surface area contributed by atoms with E-state index in [1.165, 1.54) is 17.2 Å². The SMILES string of the molecule is CC(c1ccccc1)n1ccc(S(=O)(=O)NC(=O)Nc2c3c(cc4c2CCC4)CCC3)n1. The molecule has 7 nitrogen and oxygen atoms in total. The third kappa shape index (κ3) is 3.79. The van der Waals surface area contributed by atoms with Gasteiger partial charge in [0.05, 0.1) is 6.04 Å². The number of carbonyl (C=O) groups is 1. The largest absolute Gasteiger partial charge is 0.333 e. The third-order valence-electron chi connectivity index (χ3n) is 6.48. The normalized spacial score (nSPS) is 15.8. The molecule has 2 aliphatic rings. The zero-order valence-corrected chi connectivity index (χ0v) is 18.8. The lowest BCUT2D eigenvalue weighted by Crippen LogP contribution is -2.35. The maximum absolute atomic E-state index is 12.8. The monoisotopic (exact) mass is 450 g/mol. The van der Waals surface area contributed by atoms with Crippen molar-refractivity contribution in [3.8, 4) is 0 Å². The number of aromatic nitrogens is 2. The summed E-state index contributed by atoms with van der Waals surface area (Å²) < 4.78 is 29.4. The highest BCUT2D eigenvalue weighted by Crippen LogP contribution is 2.38. The molecule has 1 unspecified atom stereocenters. The van der Waals surface area contributed by atoms with Crippen LogP contribution in [0.3, 0.4) is 0 Å². The van der Waals surface area contributed by atoms with Crippen molar-refractivity contribution in [2.45, 2.75) is 56.5 Å². The first-order valence-electron chi connectivity index (χ1n) is 11.0. The molecule has 0 aliphatic heterocycles. The van der Waals surface area contributed by atoms with Gasteiger partial charge < -0.3 is 5.32 Å². The number of fused-ring (bicyclic) bond motifs is 2. The summed E-state index contributed by atoms with van der Waals surface area (Å²) in [6.45, 7) is 1.94. The fourth-order valence-corrected chi connectivity index (χ4v) is 5.69. The average Bonchev–Trinajstić information content (AvgIpc) is 3.53. The number of nitrogens with zero attached hydrogens (tertiary/aromatic N) is 2. The molecule has 2 amide bonds. The van der Waals surface area contributed by atoms with Gasteiger partial charge in [0.2, 0.25) is 0 Å². The number of aryl methyl sites for hydroxylation is 2. The van der Waals surface area contributed by atoms with E-state index in [9.17, 15) is 13.2 Å². The van der Waals surface area contributed by atoms with Crippen LogP contribution in [0.15, 0.2) is 53.7 Å². The molecule has 1 atom stereocenters. The van der Waals surface area contributed by atoms with E-state index >= 15 is 0 Å². The number of amides is 2. The summed E-state index contributed by atoms with van der Waals surface area (Å²) in [6, 6.07) is 12.5. The van der Waals surface area contributed by atoms with Crippen LogP contribution in [0.25, 0.3) is 0 Å². The first-order valence-corrected chi connectivity index (χ1v) is 12.5. The molecule has 2 aromatic carbocycles. The minimum Gasteiger partial charge on any atom is -0.307 e. The fraction of sp³-hybridized carbons (Fsp3) is 0.333. The van der Waals surface area contributed by atoms with Gasteiger partial charge in [-0.05, 0) is 79.3 Å². The minimum absolute atomic E-state index is 0.136. The molecule has 2 N–H and O–H groups in total. The zero-order chi connectivity index (χ0) is 22.3. The summed E-state index contributed by atoms with van der Waals surface area (Å²) in [5.74, 6) is 0. The van der Waals surface area contributed by atoms with Gasteiger partial charge in [0.15, 0.2) is 5.03 Å². The summed E-state index contributed by atoms with van der Waals surface area (Å²) in [6.07, 6.45) is 7.57. The summed E-state index contributed by atoms with van der Waals surface area (Å²) in [4.78, 5) is 12.7. The lowest BCUT2D eigenvalue weighted by atomic mass is 9.99. The maximum Gasteiger partial charge on any atom is 0.333 e. The molecule has 166 valence electrons. The number of benzene rings is 2. The lowest BCUT2D eigenvalue weighted by Gasteiger charge is -2.16. The van der Waals surface area contributed by atoms with Crippen LogP contribution in [0.5, 0.6) is 0 Å². The van der Waals surface area contributed by atoms with E-state index in [-0.39, 0.29) is 11.1 Å². The highest BCUT2D eigenvalue weighted by molar-refractivity contribution is 7.90. The molecule has 8 heteroatoms. The number of sulfonamides is 1. The first kappa shape index (κ1) is 20.8. The Balaban J connectivity index is 1.34. The van der Waals surface area contributed by atoms with Gasteiger partial charge in [-0.1, -0.05) is 36.4 Å². The second-order valence-corrected chi connectivity index (χ2v) is 10.1. The van der Waals surface area contributed by atoms with E-state index < -0.39 is 16.1 Å². The number of nitrogens with one attached hydrogen (secondary N) is 2. The fourth-order valence-electron chi connectivity index (χ4n) is 4.84. The van der Waals surface area contributed by atoms with Crippen LogP contribution in [0.2, 0.25) is 0 Å². The molecule has 3 aromatic rings. The standard InChI is InChI=1S/C24H26N4O3S/c1-16(17-7-3-2-4-8-17)28-14-13-22(26-28)32(30,31)27-24(29)25-23-20-11-5-9-18(20)15-19-10-6-12-21(19)23/h2-4,7-8,13-16H,5-6,9-12H2,1H3,(H2,25,27,29). The number of rotatable bonds is 5. The van der Waals surface area contributed by atoms with Crippen LogP contribution in [0.1, 0.15) is 53.6 Å². The Hall–Kier alpha value is -3.13. The second kappa shape index (κ2) is 8.09. The Bertz CT molecular complexity index is 1250. The smallest absolute Gasteiger partial charge is 0.307 e. The molecule has 2 aliphatic carbocycles. The molecule has 1 aromatic heterocycles. The second-order valence-electron chi connectivity index (χ2n) is 8.51. The van der Waals surface area contributed by atoms with Crippen molar-refractivity contribution in [3.63, 3.8) is 0 Å². The van der Waals surface area contributed by atoms with Crippen molar-refractivity contribution in [2.24, 2.45) is 0 Å². The summed E-state index contributed by atoms with van der Waals surface area (Å²) in [5.41, 5.74) is 6.67. The van der Waals surface area contributed by atoms with Crippen molar-refractivity contribution < 1.29 is 13.2 Å². The van der Waals surface area contributed by atoms with Crippen molar-refractivity contribution in [1.29, 1.82) is 0 Å². The van der Waals surface area contributed by atoms with Gasteiger partial charge >= 0.3 is 6.03 Å². The van der Waals surface area contributed by atoms with Gasteiger partial charge in [0.1, 0.15) is 0 Å². The van der Waals surface area contributed by atoms with Gasteiger partial charge in [-0.3, -0.25) is 4.68 Å². The Morgan fingerprint density at radius 1 is 1.00 bits per heavy atom. The van der Waals surface area contributed by atoms with E-state index in [1.54, 1.807) is 10.9 Å². The van der Waals surface area contributed by atoms with E-state index in [4.69, 9.17) is 0 Å². The Morgan fingerprint density at radius 2 is 1.66 bits per heavy atom. The van der Waals surface area contributed by atoms with Gasteiger partial charge in [-0.15, -0.1) is 0 Å². The van der Waals surface area contributed by atoms with Gasteiger partial charge in [-0.2, -0.15) is 13.5 Å². The van der Waals surface area contributed by atoms with E-state index in [0.717, 1.165) is 60.9 Å². The van der Waals surface area contributed by atoms with Crippen LogP contribution in [0.4, 0.5) is 10.5 Å². The van der Waals surface area contributed by atoms with Crippen LogP contribution >= 0.6 is 0 Å². The van der Waals surface area contributed by atoms with Gasteiger partial charge in [0.25, 0.3) is 10.0 Å². The van der Waals surface area contributed by atoms with E-state index in [2.05, 4.69) is 21.2 Å². The average molecular weight is 451 g/mol. The van der Waals surface area contributed by atoms with Crippen molar-refractivity contribution in [3.05, 3.63) is 76.5 Å². The minimum atomic E-state index is -4.10. The number of hydrogen-bond donors (Lipinski definition) is 2. The molecular formula is C24H26N4O3S. The quantitative estimate of drug-likeness (QED) is 0.615. The van der Waals surface area contributed by atoms with Crippen LogP contribution in [-0.2, 0) is 35.7 Å². The maximum atomic E-state index is 12.8. The number of carbonyl (C=O) groups excluding carboxylic acids is 1. The van der Waals surface area contributed by atoms with Crippen molar-refractivity contribution in [1.82, 2.24) is 14.5 Å². The van der Waals surface area contributed by atoms with Gasteiger partial charge in [-0.25, -0.2) is 9.52 Å². The molecule has 0 saturated carbocycles. The highest BCUT2D eigenvalue weighted by atomic mass is 32.2. The van der Waals surface area contributed by atoms with Crippen LogP contribution < -0.4 is 10.0 Å². The first-order chi connectivity index (χ1) is 15.4. The molecule has 0 radical (unpaired) electrons. The molecule has 1 heterocycles. The number of urea groups is 1. The van der Waals surface area contributed by atoms with Crippen molar-refractivity contribution in [2.75, 3.05) is 5.32 Å². The third-order valence-corrected chi connectivity index (χ3v) is 7.70. The topological polar surface area (TPSA) is 93.1 Å². The number of anilines is 1. The Labute approximate surface area is 187 Å². The predicted molar refractivity (Wildman–Crippen MR) is 122 cm³/mol. The molecule has 5 rings (SSSR count). The van der Waals surface area contributed by atoms with Gasteiger partial charge in [0, 0.05) is 11.9 Å². The van der Waals surface area contributed by atoms with Crippen molar-refractivity contribution >= 4 is 21.7 Å². The molecule has 0 spiro atoms. The molecule has 0 bridgehead atoms. The van der Waals surface area contributed by atoms with E-state index in [1.807, 2.05) is 37.3 Å². The molecule has 0 saturated heterocycles. The zero-order valence-electron chi connectivity index (χ0n) is 18.0. The highest BCUT2D eigenvalue weighted by Gasteiger charge is 2.27. The van der Waals surface area contributed by atoms with Crippen LogP contribution in [-0.4, -0.2) is 24.2 Å².